The number of hydrogen-bond donors (Lipinski definition) is 2. The van der Waals surface area contributed by atoms with Crippen molar-refractivity contribution in [1.29, 1.82) is 0 Å². The van der Waals surface area contributed by atoms with Gasteiger partial charge in [-0.2, -0.15) is 0 Å². The largest absolute Gasteiger partial charge is 0.317 e. The Morgan fingerprint density at radius 1 is 1.24 bits per heavy atom. The van der Waals surface area contributed by atoms with Crippen LogP contribution < -0.4 is 10.0 Å². The van der Waals surface area contributed by atoms with Crippen molar-refractivity contribution in [3.63, 3.8) is 0 Å². The SMILES string of the molecule is CC(C)(C)[S@](=O)N[C@@H]1CCC2(CCNCC2)C1. The molecular formula is C13H26N2OS. The van der Waals surface area contributed by atoms with Crippen LogP contribution in [-0.4, -0.2) is 28.1 Å². The lowest BCUT2D eigenvalue weighted by Gasteiger charge is -2.34. The topological polar surface area (TPSA) is 41.1 Å². The number of rotatable bonds is 2. The standard InChI is InChI=1S/C13H26N2OS/c1-12(2,3)17(16)15-11-4-5-13(10-11)6-8-14-9-7-13/h11,14-15H,4-10H2,1-3H3/t11-,17+/m1/s1. The molecule has 0 amide bonds. The quantitative estimate of drug-likeness (QED) is 0.795. The first-order valence-electron chi connectivity index (χ1n) is 6.80. The maximum absolute atomic E-state index is 12.1. The van der Waals surface area contributed by atoms with Crippen LogP contribution in [0, 0.1) is 5.41 Å². The van der Waals surface area contributed by atoms with Gasteiger partial charge in [-0.3, -0.25) is 0 Å². The van der Waals surface area contributed by atoms with Crippen LogP contribution in [0.5, 0.6) is 0 Å². The predicted molar refractivity (Wildman–Crippen MR) is 73.2 cm³/mol. The van der Waals surface area contributed by atoms with Gasteiger partial charge in [0.25, 0.3) is 0 Å². The average Bonchev–Trinajstić information content (AvgIpc) is 2.61. The van der Waals surface area contributed by atoms with Gasteiger partial charge in [-0.1, -0.05) is 0 Å². The molecule has 0 radical (unpaired) electrons. The molecule has 1 saturated heterocycles. The molecule has 2 atom stereocenters. The summed E-state index contributed by atoms with van der Waals surface area (Å²) in [4.78, 5) is 0. The minimum Gasteiger partial charge on any atom is -0.317 e. The van der Waals surface area contributed by atoms with Crippen molar-refractivity contribution in [2.75, 3.05) is 13.1 Å². The predicted octanol–water partition coefficient (Wildman–Crippen LogP) is 1.96. The van der Waals surface area contributed by atoms with Crippen molar-refractivity contribution in [2.45, 2.75) is 63.7 Å². The highest BCUT2D eigenvalue weighted by molar-refractivity contribution is 7.84. The van der Waals surface area contributed by atoms with Crippen LogP contribution >= 0.6 is 0 Å². The van der Waals surface area contributed by atoms with Crippen LogP contribution in [0.25, 0.3) is 0 Å². The number of piperidine rings is 1. The van der Waals surface area contributed by atoms with Crippen LogP contribution in [0.1, 0.15) is 52.9 Å². The maximum atomic E-state index is 12.1. The molecule has 1 aliphatic carbocycles. The van der Waals surface area contributed by atoms with Crippen molar-refractivity contribution in [2.24, 2.45) is 5.41 Å². The normalized spacial score (nSPS) is 30.6. The van der Waals surface area contributed by atoms with Crippen molar-refractivity contribution in [1.82, 2.24) is 10.0 Å². The second-order valence-electron chi connectivity index (χ2n) is 6.69. The molecule has 17 heavy (non-hydrogen) atoms. The Balaban J connectivity index is 1.87. The van der Waals surface area contributed by atoms with Crippen LogP contribution in [0.15, 0.2) is 0 Å². The van der Waals surface area contributed by atoms with Crippen LogP contribution in [0.2, 0.25) is 0 Å². The highest BCUT2D eigenvalue weighted by Crippen LogP contribution is 2.45. The van der Waals surface area contributed by atoms with Gasteiger partial charge >= 0.3 is 0 Å². The molecule has 2 aliphatic rings. The highest BCUT2D eigenvalue weighted by Gasteiger charge is 2.40. The summed E-state index contributed by atoms with van der Waals surface area (Å²) in [5.74, 6) is 0. The minimum absolute atomic E-state index is 0.149. The van der Waals surface area contributed by atoms with E-state index in [-0.39, 0.29) is 4.75 Å². The third-order valence-corrected chi connectivity index (χ3v) is 5.86. The summed E-state index contributed by atoms with van der Waals surface area (Å²) in [7, 11) is -0.914. The van der Waals surface area contributed by atoms with E-state index >= 15 is 0 Å². The lowest BCUT2D eigenvalue weighted by molar-refractivity contribution is 0.206. The summed E-state index contributed by atoms with van der Waals surface area (Å²) in [5.41, 5.74) is 0.547. The summed E-state index contributed by atoms with van der Waals surface area (Å²) < 4.78 is 15.3. The van der Waals surface area contributed by atoms with Crippen molar-refractivity contribution in [3.8, 4) is 0 Å². The van der Waals surface area contributed by atoms with Gasteiger partial charge in [-0.15, -0.1) is 0 Å². The third kappa shape index (κ3) is 3.30. The second kappa shape index (κ2) is 4.98. The average molecular weight is 258 g/mol. The minimum atomic E-state index is -0.914. The Hall–Kier alpha value is 0.0700. The van der Waals surface area contributed by atoms with Gasteiger partial charge in [0.05, 0.1) is 15.7 Å². The van der Waals surface area contributed by atoms with E-state index in [2.05, 4.69) is 10.0 Å². The molecule has 0 aromatic rings. The van der Waals surface area contributed by atoms with E-state index < -0.39 is 11.0 Å². The molecule has 0 aromatic heterocycles. The Bertz CT molecular complexity index is 292. The lowest BCUT2D eigenvalue weighted by Crippen LogP contribution is -2.40. The molecule has 1 spiro atoms. The van der Waals surface area contributed by atoms with E-state index in [0.29, 0.717) is 11.5 Å². The van der Waals surface area contributed by atoms with E-state index in [0.717, 1.165) is 13.1 Å². The molecular weight excluding hydrogens is 232 g/mol. The van der Waals surface area contributed by atoms with Gasteiger partial charge in [0.2, 0.25) is 0 Å². The zero-order chi connectivity index (χ0) is 12.5. The molecule has 1 aliphatic heterocycles. The number of nitrogens with one attached hydrogen (secondary N) is 2. The third-order valence-electron chi connectivity index (χ3n) is 4.20. The van der Waals surface area contributed by atoms with Crippen molar-refractivity contribution in [3.05, 3.63) is 0 Å². The van der Waals surface area contributed by atoms with E-state index in [1.54, 1.807) is 0 Å². The molecule has 1 saturated carbocycles. The van der Waals surface area contributed by atoms with E-state index in [1.165, 1.54) is 32.1 Å². The van der Waals surface area contributed by atoms with Gasteiger partial charge < -0.3 is 5.32 Å². The monoisotopic (exact) mass is 258 g/mol. The summed E-state index contributed by atoms with van der Waals surface area (Å²) in [6.45, 7) is 8.42. The second-order valence-corrected chi connectivity index (χ2v) is 8.69. The molecule has 0 bridgehead atoms. The Morgan fingerprint density at radius 3 is 2.47 bits per heavy atom. The molecule has 1 heterocycles. The number of hydrogen-bond acceptors (Lipinski definition) is 2. The van der Waals surface area contributed by atoms with Gasteiger partial charge in [-0.25, -0.2) is 8.93 Å². The molecule has 2 N–H and O–H groups in total. The fraction of sp³-hybridized carbons (Fsp3) is 1.00. The maximum Gasteiger partial charge on any atom is 0.0972 e. The Labute approximate surface area is 108 Å². The highest BCUT2D eigenvalue weighted by atomic mass is 32.2. The Kier molecular flexibility index (Phi) is 3.96. The summed E-state index contributed by atoms with van der Waals surface area (Å²) in [6.07, 6.45) is 6.33. The summed E-state index contributed by atoms with van der Waals surface area (Å²) in [5, 5.41) is 3.44. The first-order valence-corrected chi connectivity index (χ1v) is 7.95. The van der Waals surface area contributed by atoms with Crippen molar-refractivity contribution >= 4 is 11.0 Å². The summed E-state index contributed by atoms with van der Waals surface area (Å²) in [6, 6.07) is 0.466. The van der Waals surface area contributed by atoms with Crippen LogP contribution in [0.4, 0.5) is 0 Å². The fourth-order valence-corrected chi connectivity index (χ4v) is 3.90. The molecule has 2 rings (SSSR count). The molecule has 0 aromatic carbocycles. The summed E-state index contributed by atoms with van der Waals surface area (Å²) >= 11 is 0. The molecule has 100 valence electrons. The molecule has 0 unspecified atom stereocenters. The lowest BCUT2D eigenvalue weighted by atomic mass is 9.77. The van der Waals surface area contributed by atoms with Gasteiger partial charge in [0, 0.05) is 6.04 Å². The van der Waals surface area contributed by atoms with E-state index in [4.69, 9.17) is 0 Å². The van der Waals surface area contributed by atoms with E-state index in [1.807, 2.05) is 20.8 Å². The zero-order valence-electron chi connectivity index (χ0n) is 11.3. The zero-order valence-corrected chi connectivity index (χ0v) is 12.2. The van der Waals surface area contributed by atoms with Crippen molar-refractivity contribution < 1.29 is 4.21 Å². The Morgan fingerprint density at radius 2 is 1.88 bits per heavy atom. The molecule has 3 nitrogen and oxygen atoms in total. The van der Waals surface area contributed by atoms with Gasteiger partial charge in [-0.05, 0) is 71.4 Å². The van der Waals surface area contributed by atoms with Crippen LogP contribution in [0.3, 0.4) is 0 Å². The molecule has 2 fully saturated rings. The van der Waals surface area contributed by atoms with Gasteiger partial charge in [0.1, 0.15) is 0 Å². The van der Waals surface area contributed by atoms with E-state index in [9.17, 15) is 4.21 Å². The first kappa shape index (κ1) is 13.5. The smallest absolute Gasteiger partial charge is 0.0972 e. The molecule has 4 heteroatoms. The van der Waals surface area contributed by atoms with Crippen LogP contribution in [-0.2, 0) is 11.0 Å². The first-order chi connectivity index (χ1) is 7.91. The fourth-order valence-electron chi connectivity index (χ4n) is 3.05. The van der Waals surface area contributed by atoms with Gasteiger partial charge in [0.15, 0.2) is 0 Å².